The third-order valence-corrected chi connectivity index (χ3v) is 8.00. The van der Waals surface area contributed by atoms with E-state index < -0.39 is 21.1 Å². The van der Waals surface area contributed by atoms with Crippen LogP contribution in [0, 0.1) is 0 Å². The molecule has 1 aliphatic carbocycles. The molecule has 1 aliphatic heterocycles. The summed E-state index contributed by atoms with van der Waals surface area (Å²) in [7, 11) is -3.79. The van der Waals surface area contributed by atoms with Crippen molar-refractivity contribution in [3.8, 4) is 0 Å². The van der Waals surface area contributed by atoms with Gasteiger partial charge >= 0.3 is 5.97 Å². The van der Waals surface area contributed by atoms with E-state index in [9.17, 15) is 18.0 Å². The Kier molecular flexibility index (Phi) is 5.00. The van der Waals surface area contributed by atoms with Crippen molar-refractivity contribution in [2.45, 2.75) is 62.2 Å². The molecule has 1 aromatic heterocycles. The van der Waals surface area contributed by atoms with Gasteiger partial charge in [-0.1, -0.05) is 13.0 Å². The molecule has 2 fully saturated rings. The highest BCUT2D eigenvalue weighted by Crippen LogP contribution is 2.51. The normalized spacial score (nSPS) is 21.0. The van der Waals surface area contributed by atoms with E-state index in [-0.39, 0.29) is 35.4 Å². The number of hydrogen-bond acceptors (Lipinski definition) is 6. The van der Waals surface area contributed by atoms with Crippen molar-refractivity contribution in [3.05, 3.63) is 40.8 Å². The summed E-state index contributed by atoms with van der Waals surface area (Å²) in [6.07, 6.45) is 4.59. The van der Waals surface area contributed by atoms with Crippen LogP contribution < -0.4 is 11.3 Å². The predicted molar refractivity (Wildman–Crippen MR) is 108 cm³/mol. The Balaban J connectivity index is 1.71. The van der Waals surface area contributed by atoms with Crippen LogP contribution in [0.15, 0.2) is 40.2 Å². The van der Waals surface area contributed by atoms with Gasteiger partial charge in [0.2, 0.25) is 10.0 Å². The molecule has 4 rings (SSSR count). The molecule has 1 aromatic carbocycles. The van der Waals surface area contributed by atoms with Gasteiger partial charge in [-0.05, 0) is 43.9 Å². The van der Waals surface area contributed by atoms with E-state index in [0.29, 0.717) is 24.8 Å². The number of rotatable bonds is 6. The van der Waals surface area contributed by atoms with Crippen molar-refractivity contribution >= 4 is 26.8 Å². The lowest BCUT2D eigenvalue weighted by Gasteiger charge is -2.26. The number of carbonyl (C=O) groups excluding carboxylic acids is 1. The second-order valence-corrected chi connectivity index (χ2v) is 9.61. The second kappa shape index (κ2) is 7.23. The largest absolute Gasteiger partial charge is 0.444 e. The van der Waals surface area contributed by atoms with E-state index in [0.717, 1.165) is 12.8 Å². The van der Waals surface area contributed by atoms with Gasteiger partial charge in [-0.2, -0.15) is 4.31 Å². The van der Waals surface area contributed by atoms with Crippen molar-refractivity contribution < 1.29 is 17.9 Å². The number of aromatic nitrogens is 1. The monoisotopic (exact) mass is 419 g/mol. The molecule has 1 saturated heterocycles. The molecule has 2 aliphatic rings. The van der Waals surface area contributed by atoms with Crippen LogP contribution in [0.25, 0.3) is 10.8 Å². The van der Waals surface area contributed by atoms with Gasteiger partial charge in [-0.25, -0.2) is 8.42 Å². The quantitative estimate of drug-likeness (QED) is 0.711. The first-order valence-corrected chi connectivity index (χ1v) is 11.3. The molecular weight excluding hydrogens is 394 g/mol. The summed E-state index contributed by atoms with van der Waals surface area (Å²) in [6, 6.07) is 6.13. The molecule has 0 radical (unpaired) electrons. The molecule has 0 unspecified atom stereocenters. The number of pyridine rings is 1. The van der Waals surface area contributed by atoms with Gasteiger partial charge in [0.1, 0.15) is 0 Å². The lowest BCUT2D eigenvalue weighted by Crippen LogP contribution is -2.44. The first kappa shape index (κ1) is 20.1. The summed E-state index contributed by atoms with van der Waals surface area (Å²) in [5.74, 6) is -0.379. The van der Waals surface area contributed by atoms with Gasteiger partial charge in [0, 0.05) is 36.0 Å². The van der Waals surface area contributed by atoms with Crippen molar-refractivity contribution in [3.63, 3.8) is 0 Å². The average molecular weight is 420 g/mol. The van der Waals surface area contributed by atoms with Crippen LogP contribution >= 0.6 is 0 Å². The standard InChI is InChI=1S/C20H25N3O5S/c1-2-4-18(24)28-13-22-11-7-14-15(19(22)25)5-3-6-16(14)29(26,27)23-12-8-17(21)20(23)9-10-20/h3,5-7,11,17H,2,4,8-10,12-13,21H2,1H3/t17-/m0/s1. The van der Waals surface area contributed by atoms with E-state index >= 15 is 0 Å². The molecule has 9 heteroatoms. The second-order valence-electron chi connectivity index (χ2n) is 7.78. The fraction of sp³-hybridized carbons (Fsp3) is 0.500. The molecule has 156 valence electrons. The molecule has 0 amide bonds. The predicted octanol–water partition coefficient (Wildman–Crippen LogP) is 1.56. The number of ether oxygens (including phenoxy) is 1. The summed E-state index contributed by atoms with van der Waals surface area (Å²) in [5.41, 5.74) is 5.31. The number of carbonyl (C=O) groups is 1. The number of benzene rings is 1. The maximum atomic E-state index is 13.4. The maximum absolute atomic E-state index is 13.4. The lowest BCUT2D eigenvalue weighted by atomic mass is 10.1. The van der Waals surface area contributed by atoms with Gasteiger partial charge in [0.05, 0.1) is 10.4 Å². The first-order valence-electron chi connectivity index (χ1n) is 9.87. The van der Waals surface area contributed by atoms with Gasteiger partial charge in [-0.3, -0.25) is 14.2 Å². The zero-order chi connectivity index (χ0) is 20.8. The minimum atomic E-state index is -3.79. The number of nitrogens with two attached hydrogens (primary N) is 1. The fourth-order valence-corrected chi connectivity index (χ4v) is 6.28. The van der Waals surface area contributed by atoms with Crippen LogP contribution in [0.4, 0.5) is 0 Å². The van der Waals surface area contributed by atoms with Crippen LogP contribution in [-0.4, -0.2) is 41.4 Å². The highest BCUT2D eigenvalue weighted by atomic mass is 32.2. The van der Waals surface area contributed by atoms with Crippen LogP contribution in [0.2, 0.25) is 0 Å². The third-order valence-electron chi connectivity index (χ3n) is 5.96. The minimum Gasteiger partial charge on any atom is -0.444 e. The number of hydrogen-bond donors (Lipinski definition) is 1. The molecule has 1 spiro atoms. The highest BCUT2D eigenvalue weighted by Gasteiger charge is 2.60. The smallest absolute Gasteiger partial charge is 0.307 e. The lowest BCUT2D eigenvalue weighted by molar-refractivity contribution is -0.147. The molecular formula is C20H25N3O5S. The Labute approximate surface area is 169 Å². The molecule has 1 atom stereocenters. The summed E-state index contributed by atoms with van der Waals surface area (Å²) < 4.78 is 34.7. The number of esters is 1. The summed E-state index contributed by atoms with van der Waals surface area (Å²) >= 11 is 0. The topological polar surface area (TPSA) is 112 Å². The van der Waals surface area contributed by atoms with E-state index in [2.05, 4.69) is 0 Å². The molecule has 8 nitrogen and oxygen atoms in total. The van der Waals surface area contributed by atoms with Crippen LogP contribution in [-0.2, 0) is 26.3 Å². The fourth-order valence-electron chi connectivity index (χ4n) is 4.19. The molecule has 29 heavy (non-hydrogen) atoms. The summed E-state index contributed by atoms with van der Waals surface area (Å²) in [6.45, 7) is 2.06. The molecule has 0 bridgehead atoms. The number of nitrogens with zero attached hydrogens (tertiary/aromatic N) is 2. The number of sulfonamides is 1. The van der Waals surface area contributed by atoms with Crippen LogP contribution in [0.1, 0.15) is 39.0 Å². The third kappa shape index (κ3) is 3.27. The summed E-state index contributed by atoms with van der Waals surface area (Å²) in [4.78, 5) is 24.5. The zero-order valence-corrected chi connectivity index (χ0v) is 17.2. The maximum Gasteiger partial charge on any atom is 0.307 e. The Morgan fingerprint density at radius 3 is 2.72 bits per heavy atom. The SMILES string of the molecule is CCCC(=O)OCn1ccc2c(S(=O)(=O)N3CC[C@H](N)C34CC4)cccc2c1=O. The molecule has 2 aromatic rings. The van der Waals surface area contributed by atoms with Gasteiger partial charge in [0.25, 0.3) is 5.56 Å². The van der Waals surface area contributed by atoms with Crippen molar-refractivity contribution in [2.24, 2.45) is 5.73 Å². The van der Waals surface area contributed by atoms with E-state index in [1.54, 1.807) is 18.2 Å². The summed E-state index contributed by atoms with van der Waals surface area (Å²) in [5, 5.41) is 0.637. The van der Waals surface area contributed by atoms with Crippen LogP contribution in [0.5, 0.6) is 0 Å². The zero-order valence-electron chi connectivity index (χ0n) is 16.3. The molecule has 1 saturated carbocycles. The Morgan fingerprint density at radius 2 is 2.03 bits per heavy atom. The minimum absolute atomic E-state index is 0.114. The number of fused-ring (bicyclic) bond motifs is 1. The van der Waals surface area contributed by atoms with Gasteiger partial charge in [-0.15, -0.1) is 0 Å². The van der Waals surface area contributed by atoms with Crippen molar-refractivity contribution in [2.75, 3.05) is 6.54 Å². The van der Waals surface area contributed by atoms with Crippen molar-refractivity contribution in [1.29, 1.82) is 0 Å². The molecule has 2 heterocycles. The Bertz CT molecular complexity index is 1120. The first-order chi connectivity index (χ1) is 13.8. The van der Waals surface area contributed by atoms with E-state index in [1.807, 2.05) is 6.92 Å². The van der Waals surface area contributed by atoms with Crippen LogP contribution in [0.3, 0.4) is 0 Å². The van der Waals surface area contributed by atoms with Crippen molar-refractivity contribution in [1.82, 2.24) is 8.87 Å². The average Bonchev–Trinajstić information content (AvgIpc) is 3.41. The molecule has 2 N–H and O–H groups in total. The Hall–Kier alpha value is -2.23. The van der Waals surface area contributed by atoms with Gasteiger partial charge in [0.15, 0.2) is 6.73 Å². The Morgan fingerprint density at radius 1 is 1.28 bits per heavy atom. The van der Waals surface area contributed by atoms with E-state index in [4.69, 9.17) is 10.5 Å². The highest BCUT2D eigenvalue weighted by molar-refractivity contribution is 7.89. The van der Waals surface area contributed by atoms with Gasteiger partial charge < -0.3 is 10.5 Å². The van der Waals surface area contributed by atoms with E-state index in [1.165, 1.54) is 21.1 Å².